The molecule has 0 saturated heterocycles. The van der Waals surface area contributed by atoms with Crippen LogP contribution in [0, 0.1) is 5.82 Å². The van der Waals surface area contributed by atoms with Gasteiger partial charge in [0.1, 0.15) is 18.2 Å². The van der Waals surface area contributed by atoms with Gasteiger partial charge in [-0.2, -0.15) is 0 Å². The Bertz CT molecular complexity index is 615. The molecule has 0 aromatic heterocycles. The number of benzene rings is 2. The molecule has 0 spiro atoms. The van der Waals surface area contributed by atoms with E-state index in [1.165, 1.54) is 6.07 Å². The minimum Gasteiger partial charge on any atom is -0.488 e. The molecule has 5 heteroatoms. The summed E-state index contributed by atoms with van der Waals surface area (Å²) in [6.45, 7) is 1.76. The van der Waals surface area contributed by atoms with Gasteiger partial charge in [0.05, 0.1) is 6.10 Å². The normalized spacial score (nSPS) is 12.2. The number of aliphatic hydroxyl groups is 1. The van der Waals surface area contributed by atoms with Gasteiger partial charge in [-0.15, -0.1) is 0 Å². The zero-order valence-corrected chi connectivity index (χ0v) is 13.9. The number of hydrogen-bond acceptors (Lipinski definition) is 2. The van der Waals surface area contributed by atoms with Crippen LogP contribution < -0.4 is 4.74 Å². The molecule has 0 aliphatic rings. The zero-order valence-electron chi connectivity index (χ0n) is 10.7. The lowest BCUT2D eigenvalue weighted by atomic mass is 10.1. The van der Waals surface area contributed by atoms with Crippen molar-refractivity contribution in [3.05, 3.63) is 62.3 Å². The second-order valence-corrected chi connectivity index (χ2v) is 6.21. The van der Waals surface area contributed by atoms with E-state index in [0.717, 1.165) is 8.95 Å². The lowest BCUT2D eigenvalue weighted by molar-refractivity contribution is 0.190. The Hall–Kier alpha value is -0.910. The van der Waals surface area contributed by atoms with Crippen LogP contribution >= 0.6 is 31.9 Å². The lowest BCUT2D eigenvalue weighted by Crippen LogP contribution is -2.02. The van der Waals surface area contributed by atoms with Gasteiger partial charge in [-0.05, 0) is 37.3 Å². The topological polar surface area (TPSA) is 29.5 Å². The van der Waals surface area contributed by atoms with Crippen molar-refractivity contribution in [1.29, 1.82) is 0 Å². The lowest BCUT2D eigenvalue weighted by Gasteiger charge is -2.14. The monoisotopic (exact) mass is 402 g/mol. The number of hydrogen-bond donors (Lipinski definition) is 1. The van der Waals surface area contributed by atoms with E-state index in [0.29, 0.717) is 16.9 Å². The highest BCUT2D eigenvalue weighted by Gasteiger charge is 2.11. The number of ether oxygens (including phenoxy) is 1. The first-order valence-electron chi connectivity index (χ1n) is 6.01. The van der Waals surface area contributed by atoms with Crippen molar-refractivity contribution in [2.45, 2.75) is 19.6 Å². The van der Waals surface area contributed by atoms with Crippen LogP contribution in [-0.2, 0) is 6.61 Å². The summed E-state index contributed by atoms with van der Waals surface area (Å²) in [5, 5.41) is 9.71. The fourth-order valence-corrected chi connectivity index (χ4v) is 2.54. The van der Waals surface area contributed by atoms with Gasteiger partial charge < -0.3 is 9.84 Å². The first-order valence-corrected chi connectivity index (χ1v) is 7.60. The molecule has 0 bridgehead atoms. The highest BCUT2D eigenvalue weighted by Crippen LogP contribution is 2.29. The summed E-state index contributed by atoms with van der Waals surface area (Å²) >= 11 is 6.66. The van der Waals surface area contributed by atoms with E-state index in [2.05, 4.69) is 31.9 Å². The SMILES string of the molecule is C[C@H](O)c1ccc(Br)cc1OCc1cc(Br)ccc1F. The third-order valence-corrected chi connectivity index (χ3v) is 3.80. The zero-order chi connectivity index (χ0) is 14.7. The van der Waals surface area contributed by atoms with Crippen LogP contribution in [0.2, 0.25) is 0 Å². The van der Waals surface area contributed by atoms with Crippen molar-refractivity contribution in [2.75, 3.05) is 0 Å². The molecule has 0 aliphatic heterocycles. The van der Waals surface area contributed by atoms with Crippen LogP contribution in [-0.4, -0.2) is 5.11 Å². The minimum atomic E-state index is -0.648. The third kappa shape index (κ3) is 3.81. The Balaban J connectivity index is 2.22. The highest BCUT2D eigenvalue weighted by molar-refractivity contribution is 9.10. The van der Waals surface area contributed by atoms with Crippen LogP contribution in [0.25, 0.3) is 0 Å². The maximum Gasteiger partial charge on any atom is 0.129 e. The minimum absolute atomic E-state index is 0.0987. The molecule has 2 aromatic carbocycles. The number of rotatable bonds is 4. The second-order valence-electron chi connectivity index (χ2n) is 4.38. The van der Waals surface area contributed by atoms with Crippen molar-refractivity contribution in [2.24, 2.45) is 0 Å². The van der Waals surface area contributed by atoms with Gasteiger partial charge in [0.25, 0.3) is 0 Å². The molecule has 2 nitrogen and oxygen atoms in total. The Labute approximate surface area is 133 Å². The van der Waals surface area contributed by atoms with Crippen LogP contribution in [0.4, 0.5) is 4.39 Å². The van der Waals surface area contributed by atoms with Gasteiger partial charge >= 0.3 is 0 Å². The average molecular weight is 404 g/mol. The van der Waals surface area contributed by atoms with Crippen LogP contribution in [0.15, 0.2) is 45.3 Å². The van der Waals surface area contributed by atoms with E-state index in [1.54, 1.807) is 31.2 Å². The summed E-state index contributed by atoms with van der Waals surface area (Å²) in [6.07, 6.45) is -0.648. The maximum absolute atomic E-state index is 13.7. The number of aliphatic hydroxyl groups excluding tert-OH is 1. The molecule has 0 fully saturated rings. The molecule has 0 unspecified atom stereocenters. The van der Waals surface area contributed by atoms with Gasteiger partial charge in [-0.25, -0.2) is 4.39 Å². The van der Waals surface area contributed by atoms with Crippen molar-refractivity contribution >= 4 is 31.9 Å². The average Bonchev–Trinajstić information content (AvgIpc) is 2.39. The van der Waals surface area contributed by atoms with E-state index in [-0.39, 0.29) is 12.4 Å². The Morgan fingerprint density at radius 3 is 2.50 bits per heavy atom. The summed E-state index contributed by atoms with van der Waals surface area (Å²) in [4.78, 5) is 0. The number of halogens is 3. The van der Waals surface area contributed by atoms with Crippen molar-refractivity contribution in [3.63, 3.8) is 0 Å². The molecule has 106 valence electrons. The maximum atomic E-state index is 13.7. The molecule has 0 aliphatic carbocycles. The molecule has 1 atom stereocenters. The Morgan fingerprint density at radius 2 is 1.80 bits per heavy atom. The third-order valence-electron chi connectivity index (χ3n) is 2.82. The predicted octanol–water partition coefficient (Wildman–Crippen LogP) is 4.98. The van der Waals surface area contributed by atoms with Gasteiger partial charge in [0.15, 0.2) is 0 Å². The summed E-state index contributed by atoms with van der Waals surface area (Å²) in [5.41, 5.74) is 1.12. The molecule has 0 heterocycles. The summed E-state index contributed by atoms with van der Waals surface area (Å²) < 4.78 is 20.9. The molecule has 2 aromatic rings. The van der Waals surface area contributed by atoms with E-state index in [4.69, 9.17) is 4.74 Å². The van der Waals surface area contributed by atoms with E-state index < -0.39 is 6.10 Å². The van der Waals surface area contributed by atoms with Gasteiger partial charge in [0, 0.05) is 20.1 Å². The Morgan fingerprint density at radius 1 is 1.15 bits per heavy atom. The van der Waals surface area contributed by atoms with Gasteiger partial charge in [-0.1, -0.05) is 37.9 Å². The van der Waals surface area contributed by atoms with E-state index in [1.807, 2.05) is 6.07 Å². The quantitative estimate of drug-likeness (QED) is 0.779. The fourth-order valence-electron chi connectivity index (χ4n) is 1.79. The van der Waals surface area contributed by atoms with Gasteiger partial charge in [-0.3, -0.25) is 0 Å². The summed E-state index contributed by atoms with van der Waals surface area (Å²) in [6, 6.07) is 10.1. The van der Waals surface area contributed by atoms with Crippen LogP contribution in [0.1, 0.15) is 24.2 Å². The molecule has 2 rings (SSSR count). The molecular weight excluding hydrogens is 391 g/mol. The van der Waals surface area contributed by atoms with Crippen molar-refractivity contribution < 1.29 is 14.2 Å². The largest absolute Gasteiger partial charge is 0.488 e. The van der Waals surface area contributed by atoms with Crippen LogP contribution in [0.5, 0.6) is 5.75 Å². The van der Waals surface area contributed by atoms with Crippen molar-refractivity contribution in [1.82, 2.24) is 0 Å². The van der Waals surface area contributed by atoms with Crippen LogP contribution in [0.3, 0.4) is 0 Å². The Kier molecular flexibility index (Phi) is 5.18. The molecule has 20 heavy (non-hydrogen) atoms. The van der Waals surface area contributed by atoms with Crippen molar-refractivity contribution in [3.8, 4) is 5.75 Å². The molecular formula is C15H13Br2FO2. The molecule has 0 amide bonds. The molecule has 0 radical (unpaired) electrons. The van der Waals surface area contributed by atoms with Gasteiger partial charge in [0.2, 0.25) is 0 Å². The predicted molar refractivity (Wildman–Crippen MR) is 83.2 cm³/mol. The molecule has 1 N–H and O–H groups in total. The second kappa shape index (κ2) is 6.70. The summed E-state index contributed by atoms with van der Waals surface area (Å²) in [7, 11) is 0. The summed E-state index contributed by atoms with van der Waals surface area (Å²) in [5.74, 6) is 0.218. The van der Waals surface area contributed by atoms with E-state index >= 15 is 0 Å². The highest BCUT2D eigenvalue weighted by atomic mass is 79.9. The standard InChI is InChI=1S/C15H13Br2FO2/c1-9(19)13-4-2-12(17)7-15(13)20-8-10-6-11(16)3-5-14(10)18/h2-7,9,19H,8H2,1H3/t9-/m0/s1. The van der Waals surface area contributed by atoms with E-state index in [9.17, 15) is 9.50 Å². The smallest absolute Gasteiger partial charge is 0.129 e. The molecule has 0 saturated carbocycles. The first-order chi connectivity index (χ1) is 9.47. The first kappa shape index (κ1) is 15.5. The fraction of sp³-hybridized carbons (Fsp3) is 0.200.